The van der Waals surface area contributed by atoms with Gasteiger partial charge in [0.15, 0.2) is 5.65 Å². The van der Waals surface area contributed by atoms with E-state index < -0.39 is 11.7 Å². The van der Waals surface area contributed by atoms with Gasteiger partial charge in [-0.2, -0.15) is 5.10 Å². The standard InChI is InChI=1S/C25H26FN7O2/c1-35-20-9-8-17(26)11-19(20)25(34)29-12-15-4-6-16(7-5-15)22-21-23(27)30-14-31-24(21)33(32-22)18-3-2-10-28-13-18/h4-9,11,14,18,28H,2-3,10,12-13H2,1H3,(H,29,34)(H2,27,30,31)/t18-/m1/s1. The van der Waals surface area contributed by atoms with Gasteiger partial charge in [-0.1, -0.05) is 24.3 Å². The molecule has 0 radical (unpaired) electrons. The number of hydrogen-bond acceptors (Lipinski definition) is 7. The molecule has 1 saturated heterocycles. The molecular weight excluding hydrogens is 449 g/mol. The molecule has 3 heterocycles. The van der Waals surface area contributed by atoms with Gasteiger partial charge < -0.3 is 21.1 Å². The maximum Gasteiger partial charge on any atom is 0.255 e. The minimum absolute atomic E-state index is 0.147. The molecule has 4 N–H and O–H groups in total. The van der Waals surface area contributed by atoms with Crippen LogP contribution in [0.2, 0.25) is 0 Å². The van der Waals surface area contributed by atoms with Crippen molar-refractivity contribution < 1.29 is 13.9 Å². The summed E-state index contributed by atoms with van der Waals surface area (Å²) in [5.74, 6) is -0.213. The summed E-state index contributed by atoms with van der Waals surface area (Å²) in [5.41, 5.74) is 9.58. The molecule has 0 saturated carbocycles. The van der Waals surface area contributed by atoms with Crippen LogP contribution in [0.4, 0.5) is 10.2 Å². The van der Waals surface area contributed by atoms with Crippen LogP contribution in [-0.2, 0) is 6.54 Å². The number of hydrogen-bond donors (Lipinski definition) is 3. The van der Waals surface area contributed by atoms with Crippen LogP contribution < -0.4 is 21.1 Å². The van der Waals surface area contributed by atoms with E-state index in [2.05, 4.69) is 20.6 Å². The Morgan fingerprint density at radius 2 is 2.09 bits per heavy atom. The molecule has 2 aromatic carbocycles. The van der Waals surface area contributed by atoms with E-state index in [4.69, 9.17) is 15.6 Å². The number of carbonyl (C=O) groups excluding carboxylic acids is 1. The Kier molecular flexibility index (Phi) is 6.28. The second-order valence-corrected chi connectivity index (χ2v) is 8.48. The van der Waals surface area contributed by atoms with Gasteiger partial charge in [-0.3, -0.25) is 4.79 Å². The van der Waals surface area contributed by atoms with Crippen LogP contribution in [0.1, 0.15) is 34.8 Å². The fourth-order valence-electron chi connectivity index (χ4n) is 4.41. The van der Waals surface area contributed by atoms with Crippen molar-refractivity contribution in [1.29, 1.82) is 0 Å². The van der Waals surface area contributed by atoms with Crippen LogP contribution in [0, 0.1) is 5.82 Å². The Morgan fingerprint density at radius 3 is 2.83 bits per heavy atom. The molecule has 1 fully saturated rings. The van der Waals surface area contributed by atoms with Crippen molar-refractivity contribution in [3.05, 3.63) is 65.7 Å². The molecular formula is C25H26FN7O2. The number of rotatable bonds is 6. The average Bonchev–Trinajstić information content (AvgIpc) is 3.29. The van der Waals surface area contributed by atoms with Crippen molar-refractivity contribution in [2.75, 3.05) is 25.9 Å². The Morgan fingerprint density at radius 1 is 1.26 bits per heavy atom. The molecule has 0 unspecified atom stereocenters. The first-order chi connectivity index (χ1) is 17.0. The number of halogens is 1. The van der Waals surface area contributed by atoms with Gasteiger partial charge in [0.05, 0.1) is 24.1 Å². The maximum absolute atomic E-state index is 13.6. The number of piperidine rings is 1. The Bertz CT molecular complexity index is 1360. The molecule has 1 aliphatic rings. The highest BCUT2D eigenvalue weighted by Crippen LogP contribution is 2.33. The molecule has 180 valence electrons. The summed E-state index contributed by atoms with van der Waals surface area (Å²) < 4.78 is 20.7. The highest BCUT2D eigenvalue weighted by molar-refractivity contribution is 5.98. The fourth-order valence-corrected chi connectivity index (χ4v) is 4.41. The zero-order chi connectivity index (χ0) is 24.4. The van der Waals surface area contributed by atoms with E-state index in [9.17, 15) is 9.18 Å². The molecule has 35 heavy (non-hydrogen) atoms. The number of nitrogen functional groups attached to an aromatic ring is 1. The number of methoxy groups -OCH3 is 1. The van der Waals surface area contributed by atoms with Gasteiger partial charge in [0, 0.05) is 18.7 Å². The molecule has 0 spiro atoms. The topological polar surface area (TPSA) is 120 Å². The highest BCUT2D eigenvalue weighted by atomic mass is 19.1. The summed E-state index contributed by atoms with van der Waals surface area (Å²) in [6.07, 6.45) is 3.56. The number of nitrogens with one attached hydrogen (secondary N) is 2. The van der Waals surface area contributed by atoms with E-state index in [1.165, 1.54) is 25.6 Å². The Hall–Kier alpha value is -4.05. The molecule has 1 amide bonds. The van der Waals surface area contributed by atoms with Crippen LogP contribution in [0.15, 0.2) is 48.8 Å². The predicted octanol–water partition coefficient (Wildman–Crippen LogP) is 3.08. The number of ether oxygens (including phenoxy) is 1. The molecule has 0 aliphatic carbocycles. The zero-order valence-corrected chi connectivity index (χ0v) is 19.3. The van der Waals surface area contributed by atoms with Gasteiger partial charge in [0.25, 0.3) is 5.91 Å². The van der Waals surface area contributed by atoms with Crippen LogP contribution in [0.5, 0.6) is 5.75 Å². The van der Waals surface area contributed by atoms with Crippen molar-refractivity contribution in [3.8, 4) is 17.0 Å². The first-order valence-corrected chi connectivity index (χ1v) is 11.5. The molecule has 9 nitrogen and oxygen atoms in total. The second-order valence-electron chi connectivity index (χ2n) is 8.48. The van der Waals surface area contributed by atoms with Crippen molar-refractivity contribution in [2.24, 2.45) is 0 Å². The summed E-state index contributed by atoms with van der Waals surface area (Å²) in [5, 5.41) is 11.8. The molecule has 10 heteroatoms. The Labute approximate surface area is 201 Å². The van der Waals surface area contributed by atoms with E-state index in [1.807, 2.05) is 28.9 Å². The maximum atomic E-state index is 13.6. The second kappa shape index (κ2) is 9.67. The van der Waals surface area contributed by atoms with Crippen LogP contribution in [-0.4, -0.2) is 45.9 Å². The van der Waals surface area contributed by atoms with Gasteiger partial charge in [0.2, 0.25) is 0 Å². The SMILES string of the molecule is COc1ccc(F)cc1C(=O)NCc1ccc(-c2nn([C@@H]3CCCNC3)c3ncnc(N)c23)cc1. The highest BCUT2D eigenvalue weighted by Gasteiger charge is 2.23. The minimum Gasteiger partial charge on any atom is -0.496 e. The van der Waals surface area contributed by atoms with Gasteiger partial charge in [-0.05, 0) is 43.1 Å². The third-order valence-electron chi connectivity index (χ3n) is 6.22. The summed E-state index contributed by atoms with van der Waals surface area (Å²) in [7, 11) is 1.44. The molecule has 1 aliphatic heterocycles. The third-order valence-corrected chi connectivity index (χ3v) is 6.22. The molecule has 1 atom stereocenters. The number of nitrogens with zero attached hydrogens (tertiary/aromatic N) is 4. The van der Waals surface area contributed by atoms with Crippen molar-refractivity contribution in [2.45, 2.75) is 25.4 Å². The number of fused-ring (bicyclic) bond motifs is 1. The van der Waals surface area contributed by atoms with E-state index in [0.29, 0.717) is 11.6 Å². The number of anilines is 1. The smallest absolute Gasteiger partial charge is 0.255 e. The van der Waals surface area contributed by atoms with Gasteiger partial charge in [0.1, 0.15) is 29.4 Å². The zero-order valence-electron chi connectivity index (χ0n) is 19.3. The quantitative estimate of drug-likeness (QED) is 0.392. The van der Waals surface area contributed by atoms with Crippen LogP contribution >= 0.6 is 0 Å². The number of aromatic nitrogens is 4. The predicted molar refractivity (Wildman–Crippen MR) is 130 cm³/mol. The first-order valence-electron chi connectivity index (χ1n) is 11.5. The van der Waals surface area contributed by atoms with Gasteiger partial charge in [-0.25, -0.2) is 19.0 Å². The lowest BCUT2D eigenvalue weighted by Crippen LogP contribution is -2.32. The van der Waals surface area contributed by atoms with E-state index >= 15 is 0 Å². The summed E-state index contributed by atoms with van der Waals surface area (Å²) in [6, 6.07) is 11.7. The molecule has 2 aromatic heterocycles. The summed E-state index contributed by atoms with van der Waals surface area (Å²) in [6.45, 7) is 2.10. The number of amides is 1. The Balaban J connectivity index is 1.38. The lowest BCUT2D eigenvalue weighted by atomic mass is 10.1. The van der Waals surface area contributed by atoms with Gasteiger partial charge >= 0.3 is 0 Å². The minimum atomic E-state index is -0.501. The lowest BCUT2D eigenvalue weighted by molar-refractivity contribution is 0.0947. The third kappa shape index (κ3) is 4.52. The first kappa shape index (κ1) is 22.7. The number of benzene rings is 2. The van der Waals surface area contributed by atoms with Crippen LogP contribution in [0.3, 0.4) is 0 Å². The van der Waals surface area contributed by atoms with Crippen molar-refractivity contribution in [1.82, 2.24) is 30.4 Å². The van der Waals surface area contributed by atoms with E-state index in [-0.39, 0.29) is 18.2 Å². The molecule has 4 aromatic rings. The van der Waals surface area contributed by atoms with Crippen molar-refractivity contribution >= 4 is 22.8 Å². The molecule has 5 rings (SSSR count). The average molecular weight is 476 g/mol. The number of nitrogens with two attached hydrogens (primary N) is 1. The normalized spacial score (nSPS) is 15.8. The molecule has 0 bridgehead atoms. The fraction of sp³-hybridized carbons (Fsp3) is 0.280. The number of carbonyl (C=O) groups is 1. The summed E-state index contributed by atoms with van der Waals surface area (Å²) >= 11 is 0. The summed E-state index contributed by atoms with van der Waals surface area (Å²) in [4.78, 5) is 21.2. The van der Waals surface area contributed by atoms with Crippen LogP contribution in [0.25, 0.3) is 22.3 Å². The van der Waals surface area contributed by atoms with E-state index in [1.54, 1.807) is 0 Å². The largest absolute Gasteiger partial charge is 0.496 e. The monoisotopic (exact) mass is 475 g/mol. The van der Waals surface area contributed by atoms with Crippen molar-refractivity contribution in [3.63, 3.8) is 0 Å². The van der Waals surface area contributed by atoms with Gasteiger partial charge in [-0.15, -0.1) is 0 Å². The van der Waals surface area contributed by atoms with E-state index in [0.717, 1.165) is 59.9 Å². The lowest BCUT2D eigenvalue weighted by Gasteiger charge is -2.23.